The van der Waals surface area contributed by atoms with Crippen molar-refractivity contribution in [1.29, 1.82) is 0 Å². The zero-order valence-corrected chi connectivity index (χ0v) is 28.7. The molecular weight excluding hydrogens is 645 g/mol. The van der Waals surface area contributed by atoms with Gasteiger partial charge in [-0.2, -0.15) is 0 Å². The van der Waals surface area contributed by atoms with Gasteiger partial charge in [-0.05, 0) is 87.5 Å². The van der Waals surface area contributed by atoms with E-state index in [9.17, 15) is 0 Å². The van der Waals surface area contributed by atoms with Crippen molar-refractivity contribution >= 4 is 93.2 Å². The summed E-state index contributed by atoms with van der Waals surface area (Å²) < 4.78 is 11.9. The number of hydrogen-bond acceptors (Lipinski definition) is 1. The second-order valence-corrected chi connectivity index (χ2v) is 14.8. The molecule has 0 aliphatic heterocycles. The molecule has 0 bridgehead atoms. The minimum absolute atomic E-state index is 0.314. The van der Waals surface area contributed by atoms with E-state index >= 15 is 0 Å². The molecule has 246 valence electrons. The van der Waals surface area contributed by atoms with E-state index in [1.807, 2.05) is 0 Å². The van der Waals surface area contributed by atoms with Crippen LogP contribution >= 0.6 is 0 Å². The van der Waals surface area contributed by atoms with E-state index in [0.717, 1.165) is 44.9 Å². The van der Waals surface area contributed by atoms with Crippen LogP contribution in [0.25, 0.3) is 98.9 Å². The van der Waals surface area contributed by atoms with Gasteiger partial charge in [-0.25, -0.2) is 0 Å². The van der Waals surface area contributed by atoms with Crippen LogP contribution in [0.15, 0.2) is 174 Å². The van der Waals surface area contributed by atoms with Crippen LogP contribution in [0, 0.1) is 5.92 Å². The highest BCUT2D eigenvalue weighted by atomic mass is 16.3. The van der Waals surface area contributed by atoms with Gasteiger partial charge in [-0.15, -0.1) is 0 Å². The van der Waals surface area contributed by atoms with Crippen LogP contribution in [0.4, 0.5) is 0 Å². The molecule has 3 aliphatic carbocycles. The van der Waals surface area contributed by atoms with Gasteiger partial charge in [-0.1, -0.05) is 121 Å². The van der Waals surface area contributed by atoms with E-state index in [0.29, 0.717) is 5.92 Å². The molecule has 3 nitrogen and oxygen atoms in total. The number of aromatic nitrogens is 2. The zero-order chi connectivity index (χ0) is 34.4. The Morgan fingerprint density at radius 3 is 2.26 bits per heavy atom. The first kappa shape index (κ1) is 27.8. The summed E-state index contributed by atoms with van der Waals surface area (Å²) in [4.78, 5) is 0. The summed E-state index contributed by atoms with van der Waals surface area (Å²) in [5.74, 6) is 0.314. The molecule has 3 aromatic heterocycles. The minimum Gasteiger partial charge on any atom is -0.455 e. The summed E-state index contributed by atoms with van der Waals surface area (Å²) in [5, 5.41) is 9.62. The number of hydrogen-bond donors (Lipinski definition) is 0. The number of nitrogens with zero attached hydrogens (tertiary/aromatic N) is 2. The quantitative estimate of drug-likeness (QED) is 0.179. The maximum absolute atomic E-state index is 6.79. The summed E-state index contributed by atoms with van der Waals surface area (Å²) >= 11 is 0. The molecule has 0 spiro atoms. The van der Waals surface area contributed by atoms with Crippen LogP contribution < -0.4 is 0 Å². The molecule has 3 aliphatic rings. The van der Waals surface area contributed by atoms with Crippen LogP contribution in [0.2, 0.25) is 0 Å². The van der Waals surface area contributed by atoms with Crippen molar-refractivity contribution < 1.29 is 4.42 Å². The van der Waals surface area contributed by atoms with Gasteiger partial charge in [0, 0.05) is 44.2 Å². The summed E-state index contributed by atoms with van der Waals surface area (Å²) in [7, 11) is 0. The fourth-order valence-electron chi connectivity index (χ4n) is 9.98. The third-order valence-electron chi connectivity index (χ3n) is 12.2. The molecular formula is C50H30N2O. The molecule has 1 atom stereocenters. The second kappa shape index (κ2) is 9.93. The normalized spacial score (nSPS) is 16.5. The van der Waals surface area contributed by atoms with Crippen molar-refractivity contribution in [2.75, 3.05) is 0 Å². The van der Waals surface area contributed by atoms with Crippen molar-refractivity contribution in [3.05, 3.63) is 181 Å². The highest BCUT2D eigenvalue weighted by molar-refractivity contribution is 6.30. The van der Waals surface area contributed by atoms with Crippen LogP contribution in [-0.4, -0.2) is 9.13 Å². The van der Waals surface area contributed by atoms with E-state index in [2.05, 4.69) is 173 Å². The predicted molar refractivity (Wildman–Crippen MR) is 221 cm³/mol. The van der Waals surface area contributed by atoms with Gasteiger partial charge in [0.2, 0.25) is 0 Å². The Kier molecular flexibility index (Phi) is 5.22. The lowest BCUT2D eigenvalue weighted by atomic mass is 9.81. The molecule has 0 N–H and O–H groups in total. The Hall–Kier alpha value is -6.84. The Morgan fingerprint density at radius 1 is 0.566 bits per heavy atom. The number of para-hydroxylation sites is 2. The van der Waals surface area contributed by atoms with Gasteiger partial charge in [0.25, 0.3) is 0 Å². The Bertz CT molecular complexity index is 3430. The Balaban J connectivity index is 1.22. The fraction of sp³-hybridized carbons (Fsp3) is 0.0400. The summed E-state index contributed by atoms with van der Waals surface area (Å²) in [6.07, 6.45) is 10.4. The van der Waals surface area contributed by atoms with Crippen molar-refractivity contribution in [3.63, 3.8) is 0 Å². The van der Waals surface area contributed by atoms with Crippen molar-refractivity contribution in [1.82, 2.24) is 9.13 Å². The van der Waals surface area contributed by atoms with Crippen molar-refractivity contribution in [3.8, 4) is 5.69 Å². The average molecular weight is 675 g/mol. The molecule has 0 saturated carbocycles. The maximum atomic E-state index is 6.79. The Labute approximate surface area is 304 Å². The first-order chi connectivity index (χ1) is 26.3. The first-order valence-corrected chi connectivity index (χ1v) is 18.5. The summed E-state index contributed by atoms with van der Waals surface area (Å²) in [6.45, 7) is 0. The highest BCUT2D eigenvalue weighted by Crippen LogP contribution is 2.53. The molecule has 0 fully saturated rings. The lowest BCUT2D eigenvalue weighted by Crippen LogP contribution is -2.13. The van der Waals surface area contributed by atoms with E-state index < -0.39 is 0 Å². The molecule has 3 heteroatoms. The molecule has 10 aromatic rings. The summed E-state index contributed by atoms with van der Waals surface area (Å²) in [5.41, 5.74) is 16.0. The third kappa shape index (κ3) is 3.54. The number of allylic oxidation sites excluding steroid dienone is 8. The van der Waals surface area contributed by atoms with Crippen LogP contribution in [0.1, 0.15) is 17.5 Å². The first-order valence-electron chi connectivity index (χ1n) is 18.5. The minimum atomic E-state index is 0.314. The van der Waals surface area contributed by atoms with Crippen molar-refractivity contribution in [2.24, 2.45) is 5.92 Å². The number of fused-ring (bicyclic) bond motifs is 15. The standard InChI is InChI=1S/C50H30N2O/c1-2-11-30-26-32(21-20-29(30)10-1)51-44-25-24-40-37-16-6-8-19-45(37)53-50(40)47(44)41-23-22-39-36-15-5-7-18-43(36)52(48(39)49(41)51)33-27-31-12-9-17-38-34-13-3-4-14-35(34)42(28-33)46(31)38/h1-26,28,31H,27H2. The van der Waals surface area contributed by atoms with Gasteiger partial charge in [0.15, 0.2) is 0 Å². The maximum Gasteiger partial charge on any atom is 0.145 e. The molecule has 0 amide bonds. The smallest absolute Gasteiger partial charge is 0.145 e. The molecule has 53 heavy (non-hydrogen) atoms. The van der Waals surface area contributed by atoms with Crippen LogP contribution in [0.3, 0.4) is 0 Å². The molecule has 3 heterocycles. The summed E-state index contributed by atoms with van der Waals surface area (Å²) in [6, 6.07) is 51.1. The van der Waals surface area contributed by atoms with Gasteiger partial charge in [-0.3, -0.25) is 0 Å². The van der Waals surface area contributed by atoms with E-state index in [1.165, 1.54) is 77.0 Å². The number of furan rings is 1. The van der Waals surface area contributed by atoms with Crippen LogP contribution in [0.5, 0.6) is 0 Å². The number of rotatable bonds is 2. The lowest BCUT2D eigenvalue weighted by Gasteiger charge is -2.27. The van der Waals surface area contributed by atoms with Gasteiger partial charge in [0.1, 0.15) is 11.2 Å². The monoisotopic (exact) mass is 674 g/mol. The Morgan fingerprint density at radius 2 is 1.32 bits per heavy atom. The predicted octanol–water partition coefficient (Wildman–Crippen LogP) is 13.2. The molecule has 0 radical (unpaired) electrons. The van der Waals surface area contributed by atoms with E-state index in [1.54, 1.807) is 0 Å². The zero-order valence-electron chi connectivity index (χ0n) is 28.7. The largest absolute Gasteiger partial charge is 0.455 e. The lowest BCUT2D eigenvalue weighted by molar-refractivity contribution is 0.673. The van der Waals surface area contributed by atoms with Crippen LogP contribution in [-0.2, 0) is 0 Å². The highest BCUT2D eigenvalue weighted by Gasteiger charge is 2.35. The SMILES string of the molecule is C1=CC2CC(n3c4ccccc4c4ccc5c6c7oc8ccccc8c7ccc6n(-c6ccc7ccccc7c6)c5c43)=CC3=C2C(=C1)c1ccccc13. The third-order valence-corrected chi connectivity index (χ3v) is 12.2. The molecule has 7 aromatic carbocycles. The van der Waals surface area contributed by atoms with Gasteiger partial charge >= 0.3 is 0 Å². The fourth-order valence-corrected chi connectivity index (χ4v) is 9.98. The molecule has 1 unspecified atom stereocenters. The van der Waals surface area contributed by atoms with Gasteiger partial charge in [0.05, 0.1) is 27.5 Å². The topological polar surface area (TPSA) is 23.0 Å². The molecule has 13 rings (SSSR count). The van der Waals surface area contributed by atoms with E-state index in [-0.39, 0.29) is 0 Å². The average Bonchev–Trinajstić information content (AvgIpc) is 3.95. The van der Waals surface area contributed by atoms with E-state index in [4.69, 9.17) is 4.42 Å². The van der Waals surface area contributed by atoms with Crippen molar-refractivity contribution in [2.45, 2.75) is 6.42 Å². The second-order valence-electron chi connectivity index (χ2n) is 14.8. The number of benzene rings is 7. The van der Waals surface area contributed by atoms with Gasteiger partial charge < -0.3 is 13.6 Å². The molecule has 0 saturated heterocycles.